The van der Waals surface area contributed by atoms with Crippen LogP contribution >= 0.6 is 15.9 Å². The van der Waals surface area contributed by atoms with Gasteiger partial charge in [-0.15, -0.1) is 0 Å². The zero-order valence-electron chi connectivity index (χ0n) is 17.5. The zero-order valence-corrected chi connectivity index (χ0v) is 20.2. The Hall–Kier alpha value is -1.43. The molecule has 0 aliphatic heterocycles. The standard InChI is InChI=1S/C23H29BrO3Si/c1-15(25)26-19-13-9-12-18-21(19)16-10-7-8-11-17(16)23(18,24)14-20(22(2,3)4)27-28(5)6/h7-13,20,28H,14H2,1-6H3. The number of benzene rings is 2. The zero-order chi connectivity index (χ0) is 20.7. The molecule has 0 radical (unpaired) electrons. The number of halogens is 1. The fourth-order valence-electron chi connectivity index (χ4n) is 3.93. The van der Waals surface area contributed by atoms with Crippen molar-refractivity contribution in [1.29, 1.82) is 0 Å². The molecule has 5 heteroatoms. The Bertz CT molecular complexity index is 888. The molecule has 0 amide bonds. The predicted octanol–water partition coefficient (Wildman–Crippen LogP) is 6.04. The van der Waals surface area contributed by atoms with Crippen LogP contribution in [0.3, 0.4) is 0 Å². The van der Waals surface area contributed by atoms with E-state index in [2.05, 4.69) is 74.1 Å². The Morgan fingerprint density at radius 1 is 1.11 bits per heavy atom. The third-order valence-electron chi connectivity index (χ3n) is 5.20. The number of esters is 1. The lowest BCUT2D eigenvalue weighted by Crippen LogP contribution is -2.38. The van der Waals surface area contributed by atoms with Crippen LogP contribution in [-0.2, 0) is 13.5 Å². The van der Waals surface area contributed by atoms with Crippen LogP contribution in [0.4, 0.5) is 0 Å². The van der Waals surface area contributed by atoms with Crippen molar-refractivity contribution in [1.82, 2.24) is 0 Å². The molecule has 0 saturated heterocycles. The predicted molar refractivity (Wildman–Crippen MR) is 121 cm³/mol. The molecule has 3 rings (SSSR count). The summed E-state index contributed by atoms with van der Waals surface area (Å²) in [6, 6.07) is 14.3. The minimum Gasteiger partial charge on any atom is -0.426 e. The van der Waals surface area contributed by atoms with E-state index in [1.165, 1.54) is 12.5 Å². The van der Waals surface area contributed by atoms with Crippen LogP contribution in [0.1, 0.15) is 45.2 Å². The first-order valence-corrected chi connectivity index (χ1v) is 13.4. The lowest BCUT2D eigenvalue weighted by molar-refractivity contribution is -0.131. The molecule has 1 aliphatic rings. The average molecular weight is 461 g/mol. The molecule has 2 unspecified atom stereocenters. The minimum absolute atomic E-state index is 0.0171. The van der Waals surface area contributed by atoms with Gasteiger partial charge in [0.25, 0.3) is 0 Å². The Balaban J connectivity index is 2.16. The van der Waals surface area contributed by atoms with Crippen LogP contribution in [0.5, 0.6) is 5.75 Å². The van der Waals surface area contributed by atoms with E-state index in [-0.39, 0.29) is 21.8 Å². The summed E-state index contributed by atoms with van der Waals surface area (Å²) in [4.78, 5) is 11.7. The summed E-state index contributed by atoms with van der Waals surface area (Å²) in [5.74, 6) is 0.310. The highest BCUT2D eigenvalue weighted by Crippen LogP contribution is 2.58. The minimum atomic E-state index is -1.21. The van der Waals surface area contributed by atoms with E-state index < -0.39 is 9.04 Å². The largest absolute Gasteiger partial charge is 0.426 e. The molecule has 0 saturated carbocycles. The highest BCUT2D eigenvalue weighted by atomic mass is 79.9. The van der Waals surface area contributed by atoms with Crippen LogP contribution in [0, 0.1) is 5.41 Å². The van der Waals surface area contributed by atoms with Crippen LogP contribution in [-0.4, -0.2) is 21.1 Å². The summed E-state index contributed by atoms with van der Waals surface area (Å²) in [6.07, 6.45) is 0.921. The van der Waals surface area contributed by atoms with E-state index in [4.69, 9.17) is 9.16 Å². The lowest BCUT2D eigenvalue weighted by Gasteiger charge is -2.38. The summed E-state index contributed by atoms with van der Waals surface area (Å²) in [6.45, 7) is 12.6. The van der Waals surface area contributed by atoms with E-state index >= 15 is 0 Å². The molecular weight excluding hydrogens is 432 g/mol. The van der Waals surface area contributed by atoms with Crippen molar-refractivity contribution in [3.8, 4) is 16.9 Å². The summed E-state index contributed by atoms with van der Waals surface area (Å²) in [5, 5.41) is 0. The molecule has 0 spiro atoms. The molecule has 1 aliphatic carbocycles. The van der Waals surface area contributed by atoms with Gasteiger partial charge >= 0.3 is 5.97 Å². The summed E-state index contributed by atoms with van der Waals surface area (Å²) >= 11 is 4.12. The molecule has 0 fully saturated rings. The van der Waals surface area contributed by atoms with Crippen molar-refractivity contribution in [2.75, 3.05) is 0 Å². The lowest BCUT2D eigenvalue weighted by atomic mass is 9.80. The summed E-state index contributed by atoms with van der Waals surface area (Å²) in [7, 11) is -1.21. The van der Waals surface area contributed by atoms with Gasteiger partial charge in [-0.2, -0.15) is 0 Å². The first-order valence-electron chi connectivity index (χ1n) is 9.80. The van der Waals surface area contributed by atoms with Gasteiger partial charge in [0.15, 0.2) is 9.04 Å². The van der Waals surface area contributed by atoms with E-state index in [1.54, 1.807) is 0 Å². The molecule has 150 valence electrons. The maximum Gasteiger partial charge on any atom is 0.308 e. The quantitative estimate of drug-likeness (QED) is 0.236. The van der Waals surface area contributed by atoms with Crippen molar-refractivity contribution in [3.63, 3.8) is 0 Å². The molecule has 3 nitrogen and oxygen atoms in total. The van der Waals surface area contributed by atoms with Gasteiger partial charge in [-0.05, 0) is 47.7 Å². The van der Waals surface area contributed by atoms with Gasteiger partial charge in [-0.3, -0.25) is 4.79 Å². The number of carbonyl (C=O) groups excluding carboxylic acids is 1. The molecule has 0 aromatic heterocycles. The van der Waals surface area contributed by atoms with Crippen LogP contribution < -0.4 is 4.74 Å². The van der Waals surface area contributed by atoms with Crippen LogP contribution in [0.2, 0.25) is 13.1 Å². The molecule has 28 heavy (non-hydrogen) atoms. The first-order chi connectivity index (χ1) is 13.0. The number of fused-ring (bicyclic) bond motifs is 3. The fourth-order valence-corrected chi connectivity index (χ4v) is 6.06. The summed E-state index contributed by atoms with van der Waals surface area (Å²) < 4.78 is 11.7. The molecule has 0 heterocycles. The Morgan fingerprint density at radius 3 is 2.36 bits per heavy atom. The smallest absolute Gasteiger partial charge is 0.308 e. The van der Waals surface area contributed by atoms with Gasteiger partial charge in [0.2, 0.25) is 0 Å². The molecule has 0 bridgehead atoms. The normalized spacial score (nSPS) is 19.3. The Labute approximate surface area is 178 Å². The van der Waals surface area contributed by atoms with Crippen molar-refractivity contribution in [2.24, 2.45) is 5.41 Å². The van der Waals surface area contributed by atoms with E-state index in [1.807, 2.05) is 18.2 Å². The number of hydrogen-bond donors (Lipinski definition) is 0. The van der Waals surface area contributed by atoms with Crippen LogP contribution in [0.25, 0.3) is 11.1 Å². The van der Waals surface area contributed by atoms with Crippen LogP contribution in [0.15, 0.2) is 42.5 Å². The summed E-state index contributed by atoms with van der Waals surface area (Å²) in [5.41, 5.74) is 4.47. The number of alkyl halides is 1. The van der Waals surface area contributed by atoms with Gasteiger partial charge in [0.1, 0.15) is 5.75 Å². The van der Waals surface area contributed by atoms with Crippen molar-refractivity contribution >= 4 is 30.9 Å². The van der Waals surface area contributed by atoms with Gasteiger partial charge in [-0.1, -0.05) is 73.1 Å². The average Bonchev–Trinajstić information content (AvgIpc) is 2.83. The highest BCUT2D eigenvalue weighted by molar-refractivity contribution is 9.09. The highest BCUT2D eigenvalue weighted by Gasteiger charge is 2.46. The maximum atomic E-state index is 11.7. The Morgan fingerprint density at radius 2 is 1.75 bits per heavy atom. The molecule has 2 aromatic carbocycles. The van der Waals surface area contributed by atoms with Crippen molar-refractivity contribution in [2.45, 2.75) is 57.6 Å². The van der Waals surface area contributed by atoms with Crippen molar-refractivity contribution in [3.05, 3.63) is 53.6 Å². The van der Waals surface area contributed by atoms with Gasteiger partial charge < -0.3 is 9.16 Å². The SMILES string of the molecule is CC(=O)Oc1cccc2c1-c1ccccc1C2(Br)CC(O[SiH](C)C)C(C)(C)C. The van der Waals surface area contributed by atoms with E-state index in [0.717, 1.165) is 23.1 Å². The molecule has 0 N–H and O–H groups in total. The number of hydrogen-bond acceptors (Lipinski definition) is 3. The van der Waals surface area contributed by atoms with Crippen molar-refractivity contribution < 1.29 is 14.0 Å². The number of carbonyl (C=O) groups is 1. The third-order valence-corrected chi connectivity index (χ3v) is 7.25. The third kappa shape index (κ3) is 3.98. The second kappa shape index (κ2) is 7.77. The maximum absolute atomic E-state index is 11.7. The Kier molecular flexibility index (Phi) is 5.90. The van der Waals surface area contributed by atoms with Gasteiger partial charge in [0, 0.05) is 12.5 Å². The van der Waals surface area contributed by atoms with E-state index in [0.29, 0.717) is 5.75 Å². The molecule has 2 atom stereocenters. The van der Waals surface area contributed by atoms with E-state index in [9.17, 15) is 4.79 Å². The first kappa shape index (κ1) is 21.3. The molecule has 2 aromatic rings. The monoisotopic (exact) mass is 460 g/mol. The fraction of sp³-hybridized carbons (Fsp3) is 0.435. The second-order valence-corrected chi connectivity index (χ2v) is 12.6. The van der Waals surface area contributed by atoms with Gasteiger partial charge in [-0.25, -0.2) is 0 Å². The number of rotatable bonds is 5. The topological polar surface area (TPSA) is 35.5 Å². The second-order valence-electron chi connectivity index (χ2n) is 8.86. The number of ether oxygens (including phenoxy) is 1. The molecular formula is C23H29BrO3Si. The van der Waals surface area contributed by atoms with Gasteiger partial charge in [0.05, 0.1) is 10.4 Å².